The van der Waals surface area contributed by atoms with E-state index >= 15 is 0 Å². The third kappa shape index (κ3) is 4.94. The summed E-state index contributed by atoms with van der Waals surface area (Å²) in [5.41, 5.74) is 9.15. The number of amides is 1. The van der Waals surface area contributed by atoms with Gasteiger partial charge in [-0.2, -0.15) is 0 Å². The lowest BCUT2D eigenvalue weighted by molar-refractivity contribution is 0.0978. The predicted octanol–water partition coefficient (Wildman–Crippen LogP) is 4.59. The van der Waals surface area contributed by atoms with Crippen molar-refractivity contribution in [3.63, 3.8) is 0 Å². The number of para-hydroxylation sites is 1. The molecular formula is C23H26N4O. The van der Waals surface area contributed by atoms with Gasteiger partial charge in [0.2, 0.25) is 5.96 Å². The van der Waals surface area contributed by atoms with Gasteiger partial charge in [-0.05, 0) is 54.7 Å². The van der Waals surface area contributed by atoms with Gasteiger partial charge < -0.3 is 5.73 Å². The number of aromatic nitrogens is 1. The molecule has 3 rings (SSSR count). The van der Waals surface area contributed by atoms with Gasteiger partial charge in [0, 0.05) is 11.6 Å². The van der Waals surface area contributed by atoms with Crippen LogP contribution in [0.1, 0.15) is 42.6 Å². The molecule has 1 unspecified atom stereocenters. The van der Waals surface area contributed by atoms with E-state index in [0.717, 1.165) is 23.7 Å². The second-order valence-electron chi connectivity index (χ2n) is 7.05. The maximum absolute atomic E-state index is 12.8. The molecule has 0 aliphatic carbocycles. The van der Waals surface area contributed by atoms with E-state index in [0.29, 0.717) is 17.2 Å². The topological polar surface area (TPSA) is 80.4 Å². The van der Waals surface area contributed by atoms with E-state index < -0.39 is 0 Å². The number of hydrogen-bond donors (Lipinski definition) is 2. The predicted molar refractivity (Wildman–Crippen MR) is 115 cm³/mol. The number of guanidine groups is 1. The fourth-order valence-corrected chi connectivity index (χ4v) is 3.02. The van der Waals surface area contributed by atoms with Gasteiger partial charge in [-0.15, -0.1) is 0 Å². The molecule has 144 valence electrons. The van der Waals surface area contributed by atoms with E-state index in [1.54, 1.807) is 12.3 Å². The number of hydrogen-bond acceptors (Lipinski definition) is 3. The monoisotopic (exact) mass is 374 g/mol. The molecule has 5 heteroatoms. The Morgan fingerprint density at radius 2 is 1.96 bits per heavy atom. The zero-order valence-corrected chi connectivity index (χ0v) is 16.4. The number of pyridine rings is 1. The van der Waals surface area contributed by atoms with E-state index in [9.17, 15) is 4.79 Å². The van der Waals surface area contributed by atoms with Crippen molar-refractivity contribution in [2.75, 3.05) is 0 Å². The SMILES string of the molecule is CCC(C)CCc1ccc2nccc(C(=O)NC(N)=Nc3ccccc3)c2c1. The van der Waals surface area contributed by atoms with Crippen LogP contribution in [0.4, 0.5) is 5.69 Å². The summed E-state index contributed by atoms with van der Waals surface area (Å²) in [4.78, 5) is 21.4. The van der Waals surface area contributed by atoms with E-state index in [-0.39, 0.29) is 11.9 Å². The molecule has 3 aromatic rings. The molecule has 0 radical (unpaired) electrons. The van der Waals surface area contributed by atoms with Crippen LogP contribution >= 0.6 is 0 Å². The van der Waals surface area contributed by atoms with Crippen LogP contribution in [0.15, 0.2) is 65.8 Å². The van der Waals surface area contributed by atoms with E-state index in [4.69, 9.17) is 5.73 Å². The van der Waals surface area contributed by atoms with Crippen molar-refractivity contribution in [1.82, 2.24) is 10.3 Å². The largest absolute Gasteiger partial charge is 0.369 e. The summed E-state index contributed by atoms with van der Waals surface area (Å²) in [7, 11) is 0. The highest BCUT2D eigenvalue weighted by Gasteiger charge is 2.12. The highest BCUT2D eigenvalue weighted by Crippen LogP contribution is 2.21. The van der Waals surface area contributed by atoms with Crippen molar-refractivity contribution in [3.8, 4) is 0 Å². The first kappa shape index (κ1) is 19.5. The molecule has 0 spiro atoms. The van der Waals surface area contributed by atoms with Crippen LogP contribution in [0.25, 0.3) is 10.9 Å². The Kier molecular flexibility index (Phi) is 6.37. The number of carbonyl (C=O) groups is 1. The lowest BCUT2D eigenvalue weighted by atomic mass is 9.97. The molecular weight excluding hydrogens is 348 g/mol. The molecule has 1 atom stereocenters. The molecule has 0 bridgehead atoms. The van der Waals surface area contributed by atoms with E-state index in [1.165, 1.54) is 12.0 Å². The summed E-state index contributed by atoms with van der Waals surface area (Å²) < 4.78 is 0. The second kappa shape index (κ2) is 9.13. The van der Waals surface area contributed by atoms with Crippen LogP contribution < -0.4 is 11.1 Å². The summed E-state index contributed by atoms with van der Waals surface area (Å²) >= 11 is 0. The molecule has 1 amide bonds. The minimum atomic E-state index is -0.288. The van der Waals surface area contributed by atoms with Crippen molar-refractivity contribution in [2.45, 2.75) is 33.1 Å². The quantitative estimate of drug-likeness (QED) is 0.489. The molecule has 0 aliphatic heterocycles. The Labute approximate surface area is 165 Å². The highest BCUT2D eigenvalue weighted by molar-refractivity contribution is 6.12. The van der Waals surface area contributed by atoms with Gasteiger partial charge in [-0.25, -0.2) is 4.99 Å². The number of aryl methyl sites for hydroxylation is 1. The summed E-state index contributed by atoms with van der Waals surface area (Å²) in [6, 6.07) is 17.1. The highest BCUT2D eigenvalue weighted by atomic mass is 16.1. The van der Waals surface area contributed by atoms with Crippen LogP contribution in [-0.4, -0.2) is 16.9 Å². The molecule has 0 aliphatic rings. The number of fused-ring (bicyclic) bond motifs is 1. The first-order valence-electron chi connectivity index (χ1n) is 9.65. The summed E-state index contributed by atoms with van der Waals surface area (Å²) in [5, 5.41) is 3.50. The zero-order chi connectivity index (χ0) is 19.9. The normalized spacial score (nSPS) is 12.7. The molecule has 1 heterocycles. The molecule has 0 fully saturated rings. The lowest BCUT2D eigenvalue weighted by Crippen LogP contribution is -2.36. The zero-order valence-electron chi connectivity index (χ0n) is 16.4. The lowest BCUT2D eigenvalue weighted by Gasteiger charge is -2.11. The van der Waals surface area contributed by atoms with Gasteiger partial charge in [-0.1, -0.05) is 44.5 Å². The number of nitrogens with zero attached hydrogens (tertiary/aromatic N) is 2. The summed E-state index contributed by atoms with van der Waals surface area (Å²) in [6.07, 6.45) is 4.92. The molecule has 0 saturated heterocycles. The molecule has 0 saturated carbocycles. The Balaban J connectivity index is 1.82. The van der Waals surface area contributed by atoms with Gasteiger partial charge >= 0.3 is 0 Å². The molecule has 5 nitrogen and oxygen atoms in total. The van der Waals surface area contributed by atoms with Crippen molar-refractivity contribution in [3.05, 3.63) is 71.9 Å². The molecule has 1 aromatic heterocycles. The van der Waals surface area contributed by atoms with E-state index in [2.05, 4.69) is 41.3 Å². The van der Waals surface area contributed by atoms with Crippen LogP contribution in [-0.2, 0) is 6.42 Å². The van der Waals surface area contributed by atoms with Gasteiger partial charge in [0.05, 0.1) is 16.8 Å². The van der Waals surface area contributed by atoms with Crippen molar-refractivity contribution < 1.29 is 4.79 Å². The Hall–Kier alpha value is -3.21. The van der Waals surface area contributed by atoms with E-state index in [1.807, 2.05) is 36.4 Å². The fraction of sp³-hybridized carbons (Fsp3) is 0.261. The van der Waals surface area contributed by atoms with Gasteiger partial charge in [0.15, 0.2) is 0 Å². The second-order valence-corrected chi connectivity index (χ2v) is 7.05. The molecule has 28 heavy (non-hydrogen) atoms. The minimum absolute atomic E-state index is 0.0640. The average molecular weight is 374 g/mol. The van der Waals surface area contributed by atoms with Gasteiger partial charge in [-0.3, -0.25) is 15.1 Å². The summed E-state index contributed by atoms with van der Waals surface area (Å²) in [6.45, 7) is 4.47. The maximum Gasteiger partial charge on any atom is 0.258 e. The minimum Gasteiger partial charge on any atom is -0.369 e. The number of nitrogens with one attached hydrogen (secondary N) is 1. The number of carbonyl (C=O) groups excluding carboxylic acids is 1. The Bertz CT molecular complexity index is 982. The molecule has 3 N–H and O–H groups in total. The van der Waals surface area contributed by atoms with Crippen molar-refractivity contribution in [1.29, 1.82) is 0 Å². The first-order chi connectivity index (χ1) is 13.6. The number of benzene rings is 2. The van der Waals surface area contributed by atoms with Crippen molar-refractivity contribution in [2.24, 2.45) is 16.6 Å². The van der Waals surface area contributed by atoms with Crippen LogP contribution in [0.5, 0.6) is 0 Å². The number of aliphatic imine (C=N–C) groups is 1. The maximum atomic E-state index is 12.8. The fourth-order valence-electron chi connectivity index (χ4n) is 3.02. The van der Waals surface area contributed by atoms with Gasteiger partial charge in [0.1, 0.15) is 0 Å². The smallest absolute Gasteiger partial charge is 0.258 e. The standard InChI is InChI=1S/C23H26N4O/c1-3-16(2)9-10-17-11-12-21-20(15-17)19(13-14-25-21)22(28)27-23(24)26-18-7-5-4-6-8-18/h4-8,11-16H,3,9-10H2,1-2H3,(H3,24,26,27,28). The third-order valence-corrected chi connectivity index (χ3v) is 4.92. The Morgan fingerprint density at radius 3 is 2.71 bits per heavy atom. The molecule has 2 aromatic carbocycles. The number of nitrogens with two attached hydrogens (primary N) is 1. The van der Waals surface area contributed by atoms with Crippen LogP contribution in [0.2, 0.25) is 0 Å². The van der Waals surface area contributed by atoms with Gasteiger partial charge in [0.25, 0.3) is 5.91 Å². The average Bonchev–Trinajstić information content (AvgIpc) is 2.71. The Morgan fingerprint density at radius 1 is 1.18 bits per heavy atom. The van der Waals surface area contributed by atoms with Crippen LogP contribution in [0, 0.1) is 5.92 Å². The third-order valence-electron chi connectivity index (χ3n) is 4.92. The van der Waals surface area contributed by atoms with Crippen LogP contribution in [0.3, 0.4) is 0 Å². The summed E-state index contributed by atoms with van der Waals surface area (Å²) in [5.74, 6) is 0.458. The first-order valence-corrected chi connectivity index (χ1v) is 9.65. The number of rotatable bonds is 6. The van der Waals surface area contributed by atoms with Crippen molar-refractivity contribution >= 4 is 28.5 Å².